The number of fused-ring (bicyclic) bond motifs is 1. The highest BCUT2D eigenvalue weighted by Crippen LogP contribution is 2.36. The summed E-state index contributed by atoms with van der Waals surface area (Å²) in [6.45, 7) is 4.46. The largest absolute Gasteiger partial charge is 0.456 e. The highest BCUT2D eigenvalue weighted by molar-refractivity contribution is 8.01. The number of amides is 2. The predicted octanol–water partition coefficient (Wildman–Crippen LogP) is 1.67. The fourth-order valence-electron chi connectivity index (χ4n) is 3.05. The number of hydrogen-bond acceptors (Lipinski definition) is 6. The van der Waals surface area contributed by atoms with Crippen molar-refractivity contribution in [1.82, 2.24) is 4.90 Å². The number of benzene rings is 1. The molecular formula is C18H22N2O5S. The summed E-state index contributed by atoms with van der Waals surface area (Å²) in [5, 5.41) is 2.23. The molecule has 0 unspecified atom stereocenters. The van der Waals surface area contributed by atoms with E-state index in [2.05, 4.69) is 5.32 Å². The number of anilines is 1. The maximum absolute atomic E-state index is 12.2. The van der Waals surface area contributed by atoms with Crippen LogP contribution in [-0.2, 0) is 23.9 Å². The average Bonchev–Trinajstić information content (AvgIpc) is 2.59. The van der Waals surface area contributed by atoms with Gasteiger partial charge in [0.15, 0.2) is 6.61 Å². The van der Waals surface area contributed by atoms with Crippen molar-refractivity contribution in [2.24, 2.45) is 0 Å². The summed E-state index contributed by atoms with van der Waals surface area (Å²) in [6.07, 6.45) is -0.157. The molecule has 7 nitrogen and oxygen atoms in total. The summed E-state index contributed by atoms with van der Waals surface area (Å²) in [5.74, 6) is -1.03. The normalized spacial score (nSPS) is 25.2. The number of nitrogens with zero attached hydrogens (tertiary/aromatic N) is 1. The van der Waals surface area contributed by atoms with Gasteiger partial charge in [0.2, 0.25) is 5.91 Å². The predicted molar refractivity (Wildman–Crippen MR) is 96.9 cm³/mol. The summed E-state index contributed by atoms with van der Waals surface area (Å²) in [5.41, 5.74) is 0.748. The van der Waals surface area contributed by atoms with Crippen LogP contribution in [0.3, 0.4) is 0 Å². The first kappa shape index (κ1) is 18.7. The Balaban J connectivity index is 1.48. The maximum Gasteiger partial charge on any atom is 0.307 e. The van der Waals surface area contributed by atoms with E-state index in [4.69, 9.17) is 9.47 Å². The summed E-state index contributed by atoms with van der Waals surface area (Å²) in [4.78, 5) is 39.0. The Labute approximate surface area is 156 Å². The van der Waals surface area contributed by atoms with Crippen LogP contribution in [0.4, 0.5) is 5.69 Å². The number of thioether (sulfide) groups is 1. The summed E-state index contributed by atoms with van der Waals surface area (Å²) in [6, 6.07) is 7.43. The van der Waals surface area contributed by atoms with Crippen LogP contribution in [0.1, 0.15) is 20.3 Å². The van der Waals surface area contributed by atoms with Gasteiger partial charge in [0.25, 0.3) is 5.91 Å². The molecule has 0 radical (unpaired) electrons. The number of nitrogens with one attached hydrogen (secondary N) is 1. The second kappa shape index (κ2) is 8.09. The molecule has 1 aromatic carbocycles. The van der Waals surface area contributed by atoms with Crippen LogP contribution in [0.2, 0.25) is 0 Å². The van der Waals surface area contributed by atoms with Crippen molar-refractivity contribution in [2.75, 3.05) is 25.0 Å². The van der Waals surface area contributed by atoms with Gasteiger partial charge in [-0.05, 0) is 26.0 Å². The zero-order valence-electron chi connectivity index (χ0n) is 14.8. The molecule has 0 aliphatic carbocycles. The van der Waals surface area contributed by atoms with Crippen molar-refractivity contribution in [2.45, 2.75) is 42.6 Å². The van der Waals surface area contributed by atoms with E-state index in [0.717, 1.165) is 10.6 Å². The molecule has 0 bridgehead atoms. The van der Waals surface area contributed by atoms with Gasteiger partial charge in [-0.15, -0.1) is 11.8 Å². The monoisotopic (exact) mass is 378 g/mol. The molecule has 3 atom stereocenters. The molecule has 26 heavy (non-hydrogen) atoms. The van der Waals surface area contributed by atoms with Crippen LogP contribution in [0.5, 0.6) is 0 Å². The Bertz CT molecular complexity index is 701. The molecule has 1 saturated heterocycles. The third-order valence-electron chi connectivity index (χ3n) is 4.19. The van der Waals surface area contributed by atoms with Gasteiger partial charge in [-0.2, -0.15) is 0 Å². The third kappa shape index (κ3) is 4.56. The van der Waals surface area contributed by atoms with E-state index in [9.17, 15) is 14.4 Å². The van der Waals surface area contributed by atoms with E-state index in [-0.39, 0.29) is 37.0 Å². The molecule has 0 saturated carbocycles. The molecule has 3 rings (SSSR count). The Hall–Kier alpha value is -2.06. The second-order valence-corrected chi connectivity index (χ2v) is 7.76. The van der Waals surface area contributed by atoms with Gasteiger partial charge in [-0.1, -0.05) is 12.1 Å². The SMILES string of the molecule is C[C@H]1CN(C(=O)COC(=O)C[C@H]2Sc3ccccc3NC2=O)C[C@H](C)O1. The van der Waals surface area contributed by atoms with Crippen LogP contribution in [0.25, 0.3) is 0 Å². The molecule has 1 aromatic rings. The maximum atomic E-state index is 12.2. The average molecular weight is 378 g/mol. The molecule has 140 valence electrons. The van der Waals surface area contributed by atoms with E-state index in [1.54, 1.807) is 4.90 Å². The minimum atomic E-state index is -0.559. The van der Waals surface area contributed by atoms with Gasteiger partial charge >= 0.3 is 5.97 Å². The fraction of sp³-hybridized carbons (Fsp3) is 0.500. The van der Waals surface area contributed by atoms with Crippen molar-refractivity contribution >= 4 is 35.2 Å². The van der Waals surface area contributed by atoms with Gasteiger partial charge in [0.1, 0.15) is 0 Å². The summed E-state index contributed by atoms with van der Waals surface area (Å²) < 4.78 is 10.7. The molecule has 2 aliphatic rings. The second-order valence-electron chi connectivity index (χ2n) is 6.51. The van der Waals surface area contributed by atoms with Gasteiger partial charge in [-0.3, -0.25) is 14.4 Å². The highest BCUT2D eigenvalue weighted by Gasteiger charge is 2.30. The molecule has 8 heteroatoms. The van der Waals surface area contributed by atoms with E-state index < -0.39 is 11.2 Å². The van der Waals surface area contributed by atoms with Crippen LogP contribution < -0.4 is 5.32 Å². The van der Waals surface area contributed by atoms with Crippen LogP contribution >= 0.6 is 11.8 Å². The first-order valence-electron chi connectivity index (χ1n) is 8.58. The minimum absolute atomic E-state index is 0.0409. The van der Waals surface area contributed by atoms with Crippen molar-refractivity contribution in [3.63, 3.8) is 0 Å². The number of morpholine rings is 1. The van der Waals surface area contributed by atoms with Gasteiger partial charge in [-0.25, -0.2) is 0 Å². The Morgan fingerprint density at radius 1 is 1.27 bits per heavy atom. The highest BCUT2D eigenvalue weighted by atomic mass is 32.2. The van der Waals surface area contributed by atoms with Crippen LogP contribution in [0.15, 0.2) is 29.2 Å². The lowest BCUT2D eigenvalue weighted by Gasteiger charge is -2.35. The number of hydrogen-bond donors (Lipinski definition) is 1. The first-order chi connectivity index (χ1) is 12.4. The van der Waals surface area contributed by atoms with Crippen LogP contribution in [0, 0.1) is 0 Å². The number of ether oxygens (including phenoxy) is 2. The van der Waals surface area contributed by atoms with E-state index in [1.165, 1.54) is 11.8 Å². The number of carbonyl (C=O) groups is 3. The van der Waals surface area contributed by atoms with Gasteiger partial charge in [0.05, 0.1) is 29.6 Å². The number of para-hydroxylation sites is 1. The van der Waals surface area contributed by atoms with Crippen molar-refractivity contribution in [1.29, 1.82) is 0 Å². The van der Waals surface area contributed by atoms with Gasteiger partial charge in [0, 0.05) is 18.0 Å². The van der Waals surface area contributed by atoms with E-state index >= 15 is 0 Å². The number of rotatable bonds is 4. The lowest BCUT2D eigenvalue weighted by molar-refractivity contribution is -0.157. The smallest absolute Gasteiger partial charge is 0.307 e. The third-order valence-corrected chi connectivity index (χ3v) is 5.46. The Morgan fingerprint density at radius 2 is 1.96 bits per heavy atom. The van der Waals surface area contributed by atoms with E-state index in [1.807, 2.05) is 38.1 Å². The fourth-order valence-corrected chi connectivity index (χ4v) is 4.15. The van der Waals surface area contributed by atoms with Gasteiger partial charge < -0.3 is 19.7 Å². The Morgan fingerprint density at radius 3 is 2.69 bits per heavy atom. The van der Waals surface area contributed by atoms with Crippen molar-refractivity contribution in [3.8, 4) is 0 Å². The Kier molecular flexibility index (Phi) is 5.83. The zero-order chi connectivity index (χ0) is 18.7. The molecule has 0 spiro atoms. The summed E-state index contributed by atoms with van der Waals surface area (Å²) >= 11 is 1.33. The summed E-state index contributed by atoms with van der Waals surface area (Å²) in [7, 11) is 0. The number of carbonyl (C=O) groups excluding carboxylic acids is 3. The minimum Gasteiger partial charge on any atom is -0.456 e. The molecule has 2 heterocycles. The molecule has 1 N–H and O–H groups in total. The topological polar surface area (TPSA) is 84.9 Å². The zero-order valence-corrected chi connectivity index (χ0v) is 15.6. The lowest BCUT2D eigenvalue weighted by Crippen LogP contribution is -2.49. The lowest BCUT2D eigenvalue weighted by atomic mass is 10.2. The molecule has 1 fully saturated rings. The number of esters is 1. The molecule has 0 aromatic heterocycles. The van der Waals surface area contributed by atoms with Crippen LogP contribution in [-0.4, -0.2) is 59.8 Å². The molecule has 2 amide bonds. The standard InChI is InChI=1S/C18H22N2O5S/c1-11-8-20(9-12(2)25-11)16(21)10-24-17(22)7-15-18(23)19-13-5-3-4-6-14(13)26-15/h3-6,11-12,15H,7-10H2,1-2H3,(H,19,23)/t11-,12-,15+/m0/s1. The van der Waals surface area contributed by atoms with Crippen molar-refractivity contribution < 1.29 is 23.9 Å². The molecular weight excluding hydrogens is 356 g/mol. The first-order valence-corrected chi connectivity index (χ1v) is 9.45. The van der Waals surface area contributed by atoms with Crippen molar-refractivity contribution in [3.05, 3.63) is 24.3 Å². The quantitative estimate of drug-likeness (QED) is 0.803. The molecule has 2 aliphatic heterocycles. The van der Waals surface area contributed by atoms with E-state index in [0.29, 0.717) is 13.1 Å².